The highest BCUT2D eigenvalue weighted by molar-refractivity contribution is 5.85. The molecule has 3 nitrogen and oxygen atoms in total. The molecule has 2 aliphatic rings. The van der Waals surface area contributed by atoms with E-state index in [4.69, 9.17) is 4.74 Å². The molecule has 0 aliphatic carbocycles. The van der Waals surface area contributed by atoms with Crippen molar-refractivity contribution < 1.29 is 4.74 Å². The van der Waals surface area contributed by atoms with Gasteiger partial charge in [-0.25, -0.2) is 0 Å². The number of hydrogen-bond acceptors (Lipinski definition) is 3. The van der Waals surface area contributed by atoms with Gasteiger partial charge in [0, 0.05) is 25.7 Å². The third kappa shape index (κ3) is 1.67. The molecule has 0 aromatic rings. The number of likely N-dealkylation sites (N-methyl/N-ethyl adjacent to an activating group) is 1. The minimum absolute atomic E-state index is 0. The van der Waals surface area contributed by atoms with Crippen molar-refractivity contribution in [3.8, 4) is 0 Å². The SMILES string of the molecule is CN1CCO[C@@H]2CNC[C@@H]21.Cl. The van der Waals surface area contributed by atoms with E-state index in [2.05, 4.69) is 17.3 Å². The van der Waals surface area contributed by atoms with Gasteiger partial charge in [0.2, 0.25) is 0 Å². The van der Waals surface area contributed by atoms with Crippen LogP contribution in [0.2, 0.25) is 0 Å². The highest BCUT2D eigenvalue weighted by Crippen LogP contribution is 2.14. The molecular weight excluding hydrogens is 164 g/mol. The summed E-state index contributed by atoms with van der Waals surface area (Å²) in [5.74, 6) is 0. The first-order valence-electron chi connectivity index (χ1n) is 3.90. The molecule has 4 heteroatoms. The number of nitrogens with one attached hydrogen (secondary N) is 1. The Kier molecular flexibility index (Phi) is 3.13. The van der Waals surface area contributed by atoms with Gasteiger partial charge in [0.15, 0.2) is 0 Å². The lowest BCUT2D eigenvalue weighted by atomic mass is 10.1. The summed E-state index contributed by atoms with van der Waals surface area (Å²) in [6.07, 6.45) is 0.457. The fourth-order valence-corrected chi connectivity index (χ4v) is 1.76. The second kappa shape index (κ2) is 3.72. The Morgan fingerprint density at radius 1 is 1.45 bits per heavy atom. The van der Waals surface area contributed by atoms with Crippen molar-refractivity contribution in [1.82, 2.24) is 10.2 Å². The molecule has 0 amide bonds. The van der Waals surface area contributed by atoms with E-state index in [1.54, 1.807) is 0 Å². The fourth-order valence-electron chi connectivity index (χ4n) is 1.76. The molecule has 2 saturated heterocycles. The molecule has 0 bridgehead atoms. The molecule has 2 heterocycles. The zero-order valence-corrected chi connectivity index (χ0v) is 7.56. The maximum absolute atomic E-state index is 5.57. The van der Waals surface area contributed by atoms with E-state index in [1.807, 2.05) is 0 Å². The zero-order chi connectivity index (χ0) is 6.97. The predicted molar refractivity (Wildman–Crippen MR) is 46.3 cm³/mol. The Hall–Kier alpha value is 0.170. The summed E-state index contributed by atoms with van der Waals surface area (Å²) in [5, 5.41) is 3.33. The molecule has 0 spiro atoms. The summed E-state index contributed by atoms with van der Waals surface area (Å²) in [7, 11) is 2.17. The molecule has 2 aliphatic heterocycles. The molecule has 0 aromatic heterocycles. The summed E-state index contributed by atoms with van der Waals surface area (Å²) >= 11 is 0. The quantitative estimate of drug-likeness (QED) is 0.552. The van der Waals surface area contributed by atoms with Crippen molar-refractivity contribution >= 4 is 12.4 Å². The van der Waals surface area contributed by atoms with Gasteiger partial charge in [-0.05, 0) is 7.05 Å². The molecule has 0 aromatic carbocycles. The number of halogens is 1. The van der Waals surface area contributed by atoms with Crippen LogP contribution in [0.5, 0.6) is 0 Å². The van der Waals surface area contributed by atoms with Crippen molar-refractivity contribution in [1.29, 1.82) is 0 Å². The average Bonchev–Trinajstić information content (AvgIpc) is 2.36. The van der Waals surface area contributed by atoms with Crippen LogP contribution in [0.3, 0.4) is 0 Å². The lowest BCUT2D eigenvalue weighted by molar-refractivity contribution is -0.0363. The molecule has 0 saturated carbocycles. The first-order valence-corrected chi connectivity index (χ1v) is 3.90. The molecule has 1 N–H and O–H groups in total. The van der Waals surface area contributed by atoms with Crippen molar-refractivity contribution in [3.05, 3.63) is 0 Å². The van der Waals surface area contributed by atoms with E-state index >= 15 is 0 Å². The molecule has 2 rings (SSSR count). The summed E-state index contributed by atoms with van der Waals surface area (Å²) in [4.78, 5) is 2.38. The Balaban J connectivity index is 0.000000605. The third-order valence-electron chi connectivity index (χ3n) is 2.47. The second-order valence-electron chi connectivity index (χ2n) is 3.12. The topological polar surface area (TPSA) is 24.5 Å². The van der Waals surface area contributed by atoms with Gasteiger partial charge >= 0.3 is 0 Å². The maximum Gasteiger partial charge on any atom is 0.0867 e. The summed E-state index contributed by atoms with van der Waals surface area (Å²) in [6.45, 7) is 4.12. The van der Waals surface area contributed by atoms with Crippen molar-refractivity contribution in [2.45, 2.75) is 12.1 Å². The standard InChI is InChI=1S/C7H14N2O.ClH/c1-9-2-3-10-7-5-8-4-6(7)9;/h6-8H,2-5H2,1H3;1H/t6-,7+;/m0./s1. The number of hydrogen-bond donors (Lipinski definition) is 1. The van der Waals surface area contributed by atoms with Crippen LogP contribution in [0.1, 0.15) is 0 Å². The Morgan fingerprint density at radius 3 is 3.00 bits per heavy atom. The Bertz CT molecular complexity index is 134. The van der Waals surface area contributed by atoms with Crippen molar-refractivity contribution in [2.75, 3.05) is 33.3 Å². The molecule has 0 unspecified atom stereocenters. The van der Waals surface area contributed by atoms with Crippen LogP contribution in [-0.4, -0.2) is 50.3 Å². The first-order chi connectivity index (χ1) is 4.88. The maximum atomic E-state index is 5.57. The number of nitrogens with zero attached hydrogens (tertiary/aromatic N) is 1. The van der Waals surface area contributed by atoms with Crippen LogP contribution >= 0.6 is 12.4 Å². The second-order valence-corrected chi connectivity index (χ2v) is 3.12. The highest BCUT2D eigenvalue weighted by atomic mass is 35.5. The summed E-state index contributed by atoms with van der Waals surface area (Å²) in [6, 6.07) is 0.633. The Labute approximate surface area is 73.5 Å². The van der Waals surface area contributed by atoms with Crippen LogP contribution in [0, 0.1) is 0 Å². The summed E-state index contributed by atoms with van der Waals surface area (Å²) in [5.41, 5.74) is 0. The first kappa shape index (κ1) is 9.26. The number of morpholine rings is 1. The third-order valence-corrected chi connectivity index (χ3v) is 2.47. The van der Waals surface area contributed by atoms with Crippen LogP contribution in [0.4, 0.5) is 0 Å². The van der Waals surface area contributed by atoms with Gasteiger partial charge in [-0.3, -0.25) is 4.90 Å². The van der Waals surface area contributed by atoms with Gasteiger partial charge in [0.05, 0.1) is 12.7 Å². The van der Waals surface area contributed by atoms with Gasteiger partial charge in [-0.2, -0.15) is 0 Å². The minimum Gasteiger partial charge on any atom is -0.374 e. The van der Waals surface area contributed by atoms with Crippen molar-refractivity contribution in [2.24, 2.45) is 0 Å². The van der Waals surface area contributed by atoms with Crippen LogP contribution in [0.15, 0.2) is 0 Å². The van der Waals surface area contributed by atoms with Crippen LogP contribution in [0.25, 0.3) is 0 Å². The van der Waals surface area contributed by atoms with E-state index < -0.39 is 0 Å². The van der Waals surface area contributed by atoms with E-state index in [0.717, 1.165) is 26.2 Å². The fraction of sp³-hybridized carbons (Fsp3) is 1.00. The molecule has 0 radical (unpaired) electrons. The molecule has 66 valence electrons. The van der Waals surface area contributed by atoms with Gasteiger partial charge in [0.1, 0.15) is 0 Å². The summed E-state index contributed by atoms with van der Waals surface area (Å²) < 4.78 is 5.57. The van der Waals surface area contributed by atoms with Crippen LogP contribution < -0.4 is 5.32 Å². The number of fused-ring (bicyclic) bond motifs is 1. The van der Waals surface area contributed by atoms with Crippen LogP contribution in [-0.2, 0) is 4.74 Å². The van der Waals surface area contributed by atoms with Gasteiger partial charge in [0.25, 0.3) is 0 Å². The normalized spacial score (nSPS) is 37.9. The van der Waals surface area contributed by atoms with Crippen molar-refractivity contribution in [3.63, 3.8) is 0 Å². The van der Waals surface area contributed by atoms with Gasteiger partial charge in [-0.15, -0.1) is 12.4 Å². The number of rotatable bonds is 0. The Morgan fingerprint density at radius 2 is 2.27 bits per heavy atom. The van der Waals surface area contributed by atoms with Gasteiger partial charge in [-0.1, -0.05) is 0 Å². The number of ether oxygens (including phenoxy) is 1. The molecule has 2 fully saturated rings. The molecule has 2 atom stereocenters. The molecule has 11 heavy (non-hydrogen) atoms. The molecular formula is C7H15ClN2O. The lowest BCUT2D eigenvalue weighted by Crippen LogP contribution is -2.48. The minimum atomic E-state index is 0. The average molecular weight is 179 g/mol. The van der Waals surface area contributed by atoms with Gasteiger partial charge < -0.3 is 10.1 Å². The largest absolute Gasteiger partial charge is 0.374 e. The zero-order valence-electron chi connectivity index (χ0n) is 6.75. The highest BCUT2D eigenvalue weighted by Gasteiger charge is 2.33. The predicted octanol–water partition coefficient (Wildman–Crippen LogP) is -0.289. The monoisotopic (exact) mass is 178 g/mol. The van der Waals surface area contributed by atoms with E-state index in [1.165, 1.54) is 0 Å². The van der Waals surface area contributed by atoms with E-state index in [0.29, 0.717) is 12.1 Å². The smallest absolute Gasteiger partial charge is 0.0867 e. The van der Waals surface area contributed by atoms with E-state index in [9.17, 15) is 0 Å². The van der Waals surface area contributed by atoms with E-state index in [-0.39, 0.29) is 12.4 Å². The lowest BCUT2D eigenvalue weighted by Gasteiger charge is -2.33.